The minimum atomic E-state index is 0.401. The zero-order valence-corrected chi connectivity index (χ0v) is 11.3. The number of aldehydes is 1. The molecule has 0 aliphatic rings. The van der Waals surface area contributed by atoms with Gasteiger partial charge in [0.15, 0.2) is 0 Å². The van der Waals surface area contributed by atoms with Crippen LogP contribution in [-0.2, 0) is 0 Å². The van der Waals surface area contributed by atoms with E-state index in [-0.39, 0.29) is 0 Å². The first kappa shape index (κ1) is 13.9. The molecule has 0 saturated heterocycles. The van der Waals surface area contributed by atoms with Gasteiger partial charge >= 0.3 is 0 Å². The van der Waals surface area contributed by atoms with Crippen molar-refractivity contribution in [3.63, 3.8) is 0 Å². The SMILES string of the molecule is CC(O)=[SH]CCOc1c(C)cc(C=O)cc1C. The van der Waals surface area contributed by atoms with Crippen LogP contribution >= 0.6 is 11.4 Å². The maximum absolute atomic E-state index is 10.7. The van der Waals surface area contributed by atoms with Crippen LogP contribution in [0.4, 0.5) is 0 Å². The van der Waals surface area contributed by atoms with E-state index >= 15 is 0 Å². The highest BCUT2D eigenvalue weighted by Crippen LogP contribution is 2.24. The fraction of sp³-hybridized carbons (Fsp3) is 0.385. The van der Waals surface area contributed by atoms with Crippen molar-refractivity contribution in [1.82, 2.24) is 0 Å². The van der Waals surface area contributed by atoms with Crippen molar-refractivity contribution in [1.29, 1.82) is 0 Å². The molecule has 0 radical (unpaired) electrons. The minimum absolute atomic E-state index is 0.401. The molecule has 1 aromatic rings. The summed E-state index contributed by atoms with van der Waals surface area (Å²) in [6, 6.07) is 3.63. The highest BCUT2D eigenvalue weighted by molar-refractivity contribution is 7.98. The maximum Gasteiger partial charge on any atom is 0.150 e. The minimum Gasteiger partial charge on any atom is -0.492 e. The standard InChI is InChI=1S/C13H18O3S/c1-9-6-12(8-14)7-10(2)13(9)16-4-5-17-11(3)15/h6-8,15,17H,4-5H2,1-3H3. The first-order valence-corrected chi connectivity index (χ1v) is 6.51. The van der Waals surface area contributed by atoms with E-state index in [2.05, 4.69) is 0 Å². The summed E-state index contributed by atoms with van der Waals surface area (Å²) in [5.41, 5.74) is 2.60. The van der Waals surface area contributed by atoms with Gasteiger partial charge < -0.3 is 9.84 Å². The van der Waals surface area contributed by atoms with Gasteiger partial charge in [0.1, 0.15) is 12.0 Å². The molecule has 94 valence electrons. The van der Waals surface area contributed by atoms with Crippen molar-refractivity contribution in [3.8, 4) is 5.75 Å². The van der Waals surface area contributed by atoms with E-state index in [0.717, 1.165) is 40.3 Å². The quantitative estimate of drug-likeness (QED) is 0.367. The number of hydrogen-bond donors (Lipinski definition) is 2. The summed E-state index contributed by atoms with van der Waals surface area (Å²) >= 11 is 0.892. The van der Waals surface area contributed by atoms with Crippen molar-refractivity contribution >= 4 is 22.7 Å². The Balaban J connectivity index is 2.71. The van der Waals surface area contributed by atoms with Crippen LogP contribution in [0.3, 0.4) is 0 Å². The number of thiol groups is 1. The van der Waals surface area contributed by atoms with Crippen LogP contribution < -0.4 is 4.74 Å². The average Bonchev–Trinajstić information content (AvgIpc) is 2.26. The highest BCUT2D eigenvalue weighted by Gasteiger charge is 2.05. The second kappa shape index (κ2) is 6.57. The van der Waals surface area contributed by atoms with Crippen LogP contribution in [0.1, 0.15) is 28.4 Å². The molecular weight excluding hydrogens is 236 g/mol. The number of aliphatic hydroxyl groups excluding tert-OH is 1. The number of carbonyl (C=O) groups is 1. The van der Waals surface area contributed by atoms with Crippen molar-refractivity contribution in [2.45, 2.75) is 20.8 Å². The Morgan fingerprint density at radius 1 is 1.41 bits per heavy atom. The van der Waals surface area contributed by atoms with E-state index in [1.807, 2.05) is 26.0 Å². The smallest absolute Gasteiger partial charge is 0.150 e. The molecule has 0 amide bonds. The Bertz CT molecular complexity index is 411. The van der Waals surface area contributed by atoms with E-state index in [9.17, 15) is 4.79 Å². The monoisotopic (exact) mass is 254 g/mol. The fourth-order valence-corrected chi connectivity index (χ4v) is 2.14. The van der Waals surface area contributed by atoms with E-state index in [1.54, 1.807) is 6.92 Å². The number of aliphatic hydroxyl groups is 1. The van der Waals surface area contributed by atoms with Crippen LogP contribution in [0.25, 0.3) is 0 Å². The second-order valence-corrected chi connectivity index (χ2v) is 5.29. The van der Waals surface area contributed by atoms with Gasteiger partial charge in [0, 0.05) is 11.3 Å². The molecule has 1 aromatic carbocycles. The molecule has 0 heterocycles. The topological polar surface area (TPSA) is 46.5 Å². The summed E-state index contributed by atoms with van der Waals surface area (Å²) in [7, 11) is 0. The number of aryl methyl sites for hydroxylation is 2. The normalized spacial score (nSPS) is 11.9. The van der Waals surface area contributed by atoms with Crippen molar-refractivity contribution in [2.24, 2.45) is 0 Å². The lowest BCUT2D eigenvalue weighted by Gasteiger charge is -2.12. The van der Waals surface area contributed by atoms with E-state index in [1.165, 1.54) is 0 Å². The molecule has 1 N–H and O–H groups in total. The third-order valence-corrected chi connectivity index (χ3v) is 3.16. The lowest BCUT2D eigenvalue weighted by Crippen LogP contribution is -2.03. The zero-order chi connectivity index (χ0) is 12.8. The van der Waals surface area contributed by atoms with Crippen LogP contribution in [0.5, 0.6) is 5.75 Å². The van der Waals surface area contributed by atoms with Crippen LogP contribution in [0.2, 0.25) is 0 Å². The third kappa shape index (κ3) is 4.32. The van der Waals surface area contributed by atoms with Gasteiger partial charge in [0.25, 0.3) is 0 Å². The molecule has 0 atom stereocenters. The molecular formula is C13H18O3S. The van der Waals surface area contributed by atoms with Crippen LogP contribution in [-0.4, -0.2) is 28.8 Å². The van der Waals surface area contributed by atoms with Gasteiger partial charge in [0.2, 0.25) is 0 Å². The van der Waals surface area contributed by atoms with Gasteiger partial charge in [-0.25, -0.2) is 0 Å². The Labute approximate surface area is 105 Å². The number of benzene rings is 1. The van der Waals surface area contributed by atoms with Gasteiger partial charge in [-0.3, -0.25) is 4.79 Å². The largest absolute Gasteiger partial charge is 0.492 e. The summed E-state index contributed by atoms with van der Waals surface area (Å²) in [4.78, 5) is 10.7. The van der Waals surface area contributed by atoms with Gasteiger partial charge in [-0.1, -0.05) is 0 Å². The third-order valence-electron chi connectivity index (χ3n) is 2.30. The van der Waals surface area contributed by atoms with Crippen molar-refractivity contribution in [2.75, 3.05) is 12.4 Å². The number of ether oxygens (including phenoxy) is 1. The first-order chi connectivity index (χ1) is 8.04. The fourth-order valence-electron chi connectivity index (χ4n) is 1.63. The van der Waals surface area contributed by atoms with Crippen LogP contribution in [0.15, 0.2) is 12.1 Å². The van der Waals surface area contributed by atoms with Gasteiger partial charge in [-0.15, -0.1) is 0 Å². The zero-order valence-electron chi connectivity index (χ0n) is 10.4. The molecule has 1 rings (SSSR count). The lowest BCUT2D eigenvalue weighted by atomic mass is 10.1. The number of rotatable bonds is 5. The first-order valence-electron chi connectivity index (χ1n) is 5.44. The van der Waals surface area contributed by atoms with Crippen molar-refractivity contribution < 1.29 is 14.6 Å². The molecule has 17 heavy (non-hydrogen) atoms. The Hall–Kier alpha value is -1.13. The predicted molar refractivity (Wildman–Crippen MR) is 74.0 cm³/mol. The van der Waals surface area contributed by atoms with E-state index in [0.29, 0.717) is 17.2 Å². The molecule has 0 fully saturated rings. The summed E-state index contributed by atoms with van der Waals surface area (Å²) in [6.45, 7) is 6.09. The Kier molecular flexibility index (Phi) is 5.38. The van der Waals surface area contributed by atoms with E-state index in [4.69, 9.17) is 9.84 Å². The molecule has 4 heteroatoms. The average molecular weight is 254 g/mol. The van der Waals surface area contributed by atoms with Gasteiger partial charge in [-0.2, -0.15) is 11.4 Å². The highest BCUT2D eigenvalue weighted by atomic mass is 32.1. The second-order valence-electron chi connectivity index (χ2n) is 3.88. The Morgan fingerprint density at radius 2 is 2.00 bits per heavy atom. The summed E-state index contributed by atoms with van der Waals surface area (Å²) < 4.78 is 5.67. The molecule has 0 unspecified atom stereocenters. The van der Waals surface area contributed by atoms with Crippen LogP contribution in [0, 0.1) is 13.8 Å². The molecule has 0 aliphatic heterocycles. The lowest BCUT2D eigenvalue weighted by molar-refractivity contribution is 0.112. The molecule has 0 saturated carbocycles. The summed E-state index contributed by atoms with van der Waals surface area (Å²) in [6.07, 6.45) is 0.840. The van der Waals surface area contributed by atoms with E-state index < -0.39 is 0 Å². The number of hydrogen-bond acceptors (Lipinski definition) is 2. The van der Waals surface area contributed by atoms with Crippen molar-refractivity contribution in [3.05, 3.63) is 28.8 Å². The number of carbonyl (C=O) groups excluding carboxylic acids is 1. The molecule has 3 nitrogen and oxygen atoms in total. The van der Waals surface area contributed by atoms with Gasteiger partial charge in [-0.05, 0) is 44.0 Å². The molecule has 0 spiro atoms. The molecule has 0 bridgehead atoms. The predicted octanol–water partition coefficient (Wildman–Crippen LogP) is 2.67. The molecule has 0 aromatic heterocycles. The summed E-state index contributed by atoms with van der Waals surface area (Å²) in [5, 5.41) is 9.44. The van der Waals surface area contributed by atoms with Gasteiger partial charge in [0.05, 0.1) is 11.7 Å². The summed E-state index contributed by atoms with van der Waals surface area (Å²) in [5.74, 6) is 1.60. The molecule has 0 aliphatic carbocycles. The Morgan fingerprint density at radius 3 is 2.47 bits per heavy atom. The maximum atomic E-state index is 10.7.